The van der Waals surface area contributed by atoms with E-state index in [1.54, 1.807) is 0 Å². The van der Waals surface area contributed by atoms with Crippen LogP contribution in [0.3, 0.4) is 0 Å². The zero-order valence-corrected chi connectivity index (χ0v) is 16.5. The van der Waals surface area contributed by atoms with Crippen molar-refractivity contribution in [2.75, 3.05) is 13.2 Å². The van der Waals surface area contributed by atoms with Crippen LogP contribution in [-0.4, -0.2) is 115 Å². The first-order valence-corrected chi connectivity index (χ1v) is 9.67. The zero-order chi connectivity index (χ0) is 23.6. The van der Waals surface area contributed by atoms with E-state index in [1.165, 1.54) is 12.1 Å². The molecule has 0 saturated carbocycles. The molecule has 2 saturated heterocycles. The highest BCUT2D eigenvalue weighted by atomic mass is 16.7. The van der Waals surface area contributed by atoms with Gasteiger partial charge in [0.15, 0.2) is 6.29 Å². The lowest BCUT2D eigenvalue weighted by molar-refractivity contribution is -0.384. The fourth-order valence-corrected chi connectivity index (χ4v) is 3.43. The van der Waals surface area contributed by atoms with Crippen LogP contribution in [0.15, 0.2) is 24.3 Å². The Morgan fingerprint density at radius 2 is 1.38 bits per heavy atom. The maximum Gasteiger partial charge on any atom is 0.269 e. The van der Waals surface area contributed by atoms with E-state index in [-0.39, 0.29) is 11.4 Å². The average Bonchev–Trinajstić information content (AvgIpc) is 2.78. The van der Waals surface area contributed by atoms with E-state index in [9.17, 15) is 45.9 Å². The number of hydrogen-bond donors (Lipinski definition) is 7. The van der Waals surface area contributed by atoms with E-state index in [4.69, 9.17) is 18.9 Å². The highest BCUT2D eigenvalue weighted by Crippen LogP contribution is 2.30. The molecule has 7 N–H and O–H groups in total. The Morgan fingerprint density at radius 1 is 0.812 bits per heavy atom. The molecule has 2 heterocycles. The standard InChI is InChI=1S/C18H25NO13/c20-5-9-11(22)13(24)14(25)17(30-9)32-16-12(23)10(6-21)31-18(15(16)26)29-8-3-1-7(2-4-8)19(27)28/h1-4,9-18,20-26H,5-6H2/t9-,10-,11-,12-,13+,14-,15-,16+,17+,18+/m1/s1. The van der Waals surface area contributed by atoms with Gasteiger partial charge in [-0.05, 0) is 12.1 Å². The normalized spacial score (nSPS) is 40.1. The SMILES string of the molecule is O=[N+]([O-])c1ccc(O[C@H]2O[C@H](CO)[C@@H](O)[C@H](O[C@@H]3O[C@H](CO)[C@@H](O)[C@H](O)[C@H]3O)[C@H]2O)cc1. The van der Waals surface area contributed by atoms with Crippen molar-refractivity contribution in [2.45, 2.75) is 61.4 Å². The smallest absolute Gasteiger partial charge is 0.269 e. The van der Waals surface area contributed by atoms with Gasteiger partial charge in [0.2, 0.25) is 6.29 Å². The maximum absolute atomic E-state index is 10.8. The molecule has 0 amide bonds. The van der Waals surface area contributed by atoms with Gasteiger partial charge in [-0.25, -0.2) is 0 Å². The summed E-state index contributed by atoms with van der Waals surface area (Å²) in [7, 11) is 0. The molecule has 1 aromatic rings. The average molecular weight is 463 g/mol. The zero-order valence-electron chi connectivity index (χ0n) is 16.5. The van der Waals surface area contributed by atoms with E-state index in [2.05, 4.69) is 0 Å². The summed E-state index contributed by atoms with van der Waals surface area (Å²) in [5, 5.41) is 80.6. The van der Waals surface area contributed by atoms with E-state index in [0.717, 1.165) is 12.1 Å². The third-order valence-electron chi connectivity index (χ3n) is 5.26. The minimum absolute atomic E-state index is 0.0688. The molecule has 14 nitrogen and oxygen atoms in total. The molecule has 2 aliphatic heterocycles. The van der Waals surface area contributed by atoms with Crippen LogP contribution in [0.1, 0.15) is 0 Å². The summed E-state index contributed by atoms with van der Waals surface area (Å²) >= 11 is 0. The Labute approximate surface area is 180 Å². The summed E-state index contributed by atoms with van der Waals surface area (Å²) in [6.07, 6.45) is -15.8. The van der Waals surface area contributed by atoms with Crippen molar-refractivity contribution in [3.05, 3.63) is 34.4 Å². The van der Waals surface area contributed by atoms with Crippen molar-refractivity contribution in [3.63, 3.8) is 0 Å². The predicted molar refractivity (Wildman–Crippen MR) is 100 cm³/mol. The Morgan fingerprint density at radius 3 is 1.94 bits per heavy atom. The number of benzene rings is 1. The molecule has 0 bridgehead atoms. The van der Waals surface area contributed by atoms with E-state index in [0.29, 0.717) is 0 Å². The third kappa shape index (κ3) is 4.99. The van der Waals surface area contributed by atoms with Crippen LogP contribution in [0.4, 0.5) is 5.69 Å². The highest BCUT2D eigenvalue weighted by molar-refractivity contribution is 5.36. The molecule has 10 atom stereocenters. The molecule has 1 aromatic carbocycles. The first-order valence-electron chi connectivity index (χ1n) is 9.67. The maximum atomic E-state index is 10.8. The van der Waals surface area contributed by atoms with Gasteiger partial charge in [-0.15, -0.1) is 0 Å². The van der Waals surface area contributed by atoms with Crippen molar-refractivity contribution < 1.29 is 59.6 Å². The lowest BCUT2D eigenvalue weighted by Gasteiger charge is -2.45. The largest absolute Gasteiger partial charge is 0.462 e. The predicted octanol–water partition coefficient (Wildman–Crippen LogP) is -3.40. The number of non-ortho nitro benzene ring substituents is 1. The number of aliphatic hydroxyl groups is 7. The first kappa shape index (κ1) is 24.7. The minimum Gasteiger partial charge on any atom is -0.462 e. The minimum atomic E-state index is -1.79. The Bertz CT molecular complexity index is 762. The quantitative estimate of drug-likeness (QED) is 0.155. The van der Waals surface area contributed by atoms with Gasteiger partial charge in [0, 0.05) is 12.1 Å². The fourth-order valence-electron chi connectivity index (χ4n) is 3.43. The van der Waals surface area contributed by atoms with Crippen LogP contribution in [0.5, 0.6) is 5.75 Å². The molecule has 0 unspecified atom stereocenters. The number of ether oxygens (including phenoxy) is 4. The number of nitro groups is 1. The molecule has 180 valence electrons. The van der Waals surface area contributed by atoms with E-state index in [1.807, 2.05) is 0 Å². The second kappa shape index (κ2) is 10.3. The van der Waals surface area contributed by atoms with Crippen LogP contribution in [0, 0.1) is 10.1 Å². The van der Waals surface area contributed by atoms with Crippen molar-refractivity contribution in [3.8, 4) is 5.75 Å². The van der Waals surface area contributed by atoms with Gasteiger partial charge in [0.1, 0.15) is 54.6 Å². The van der Waals surface area contributed by atoms with Gasteiger partial charge in [0.25, 0.3) is 5.69 Å². The fraction of sp³-hybridized carbons (Fsp3) is 0.667. The van der Waals surface area contributed by atoms with Gasteiger partial charge in [-0.3, -0.25) is 10.1 Å². The van der Waals surface area contributed by atoms with E-state index >= 15 is 0 Å². The van der Waals surface area contributed by atoms with Crippen LogP contribution in [-0.2, 0) is 14.2 Å². The molecule has 32 heavy (non-hydrogen) atoms. The van der Waals surface area contributed by atoms with Crippen molar-refractivity contribution in [1.82, 2.24) is 0 Å². The molecule has 3 rings (SSSR count). The van der Waals surface area contributed by atoms with Crippen molar-refractivity contribution in [2.24, 2.45) is 0 Å². The molecule has 0 aromatic heterocycles. The Balaban J connectivity index is 1.76. The second-order valence-corrected chi connectivity index (χ2v) is 7.37. The van der Waals surface area contributed by atoms with Crippen molar-refractivity contribution >= 4 is 5.69 Å². The van der Waals surface area contributed by atoms with Crippen LogP contribution in [0.25, 0.3) is 0 Å². The van der Waals surface area contributed by atoms with Crippen LogP contribution < -0.4 is 4.74 Å². The lowest BCUT2D eigenvalue weighted by Crippen LogP contribution is -2.65. The number of hydrogen-bond acceptors (Lipinski definition) is 13. The first-order chi connectivity index (χ1) is 15.2. The summed E-state index contributed by atoms with van der Waals surface area (Å²) in [6.45, 7) is -1.42. The Kier molecular flexibility index (Phi) is 7.94. The summed E-state index contributed by atoms with van der Waals surface area (Å²) < 4.78 is 21.5. The third-order valence-corrected chi connectivity index (χ3v) is 5.26. The molecular weight excluding hydrogens is 438 g/mol. The number of aliphatic hydroxyl groups excluding tert-OH is 7. The van der Waals surface area contributed by atoms with Gasteiger partial charge >= 0.3 is 0 Å². The molecule has 2 aliphatic rings. The van der Waals surface area contributed by atoms with Crippen LogP contribution in [0.2, 0.25) is 0 Å². The molecule has 2 fully saturated rings. The lowest BCUT2D eigenvalue weighted by atomic mass is 9.97. The number of nitro benzene ring substituents is 1. The van der Waals surface area contributed by atoms with Gasteiger partial charge in [-0.1, -0.05) is 0 Å². The second-order valence-electron chi connectivity index (χ2n) is 7.37. The Hall–Kier alpha value is -1.98. The number of nitrogens with zero attached hydrogens (tertiary/aromatic N) is 1. The highest BCUT2D eigenvalue weighted by Gasteiger charge is 2.51. The van der Waals surface area contributed by atoms with Gasteiger partial charge in [0.05, 0.1) is 18.1 Å². The molecule has 14 heteroatoms. The molecular formula is C18H25NO13. The summed E-state index contributed by atoms with van der Waals surface area (Å²) in [4.78, 5) is 10.2. The van der Waals surface area contributed by atoms with Gasteiger partial charge < -0.3 is 54.7 Å². The topological polar surface area (TPSA) is 222 Å². The monoisotopic (exact) mass is 463 g/mol. The summed E-state index contributed by atoms with van der Waals surface area (Å²) in [5.41, 5.74) is -0.199. The molecule has 0 spiro atoms. The van der Waals surface area contributed by atoms with E-state index < -0.39 is 79.5 Å². The van der Waals surface area contributed by atoms with Crippen LogP contribution >= 0.6 is 0 Å². The molecule has 0 aliphatic carbocycles. The molecule has 0 radical (unpaired) electrons. The number of rotatable bonds is 7. The summed E-state index contributed by atoms with van der Waals surface area (Å²) in [5.74, 6) is 0.0688. The van der Waals surface area contributed by atoms with Gasteiger partial charge in [-0.2, -0.15) is 0 Å². The summed E-state index contributed by atoms with van der Waals surface area (Å²) in [6, 6.07) is 4.82. The van der Waals surface area contributed by atoms with Crippen molar-refractivity contribution in [1.29, 1.82) is 0 Å².